The first-order valence-electron chi connectivity index (χ1n) is 2.63. The van der Waals surface area contributed by atoms with Gasteiger partial charge in [0, 0.05) is 5.75 Å². The molecule has 1 heterocycles. The molecule has 0 amide bonds. The number of carbonyl (C=O) groups is 2. The molecule has 1 saturated heterocycles. The first-order valence-corrected chi connectivity index (χ1v) is 4.11. The second-order valence-corrected chi connectivity index (χ2v) is 3.57. The van der Waals surface area contributed by atoms with E-state index in [4.69, 9.17) is 11.6 Å². The number of halogens is 1. The van der Waals surface area contributed by atoms with Crippen molar-refractivity contribution in [2.75, 3.05) is 5.75 Å². The zero-order valence-corrected chi connectivity index (χ0v) is 6.45. The fourth-order valence-electron chi connectivity index (χ4n) is 0.693. The topological polar surface area (TPSA) is 57.2 Å². The standard InChI is InChI=1S/C5H5ClO3S/c6-2-1-10-4(3(2)7)5(8)9/h2,4H,1H2,(H,8,9)/p-1. The van der Waals surface area contributed by atoms with Crippen molar-refractivity contribution in [1.82, 2.24) is 0 Å². The first kappa shape index (κ1) is 7.88. The zero-order chi connectivity index (χ0) is 7.72. The summed E-state index contributed by atoms with van der Waals surface area (Å²) in [6.45, 7) is 0. The van der Waals surface area contributed by atoms with E-state index in [0.29, 0.717) is 5.75 Å². The number of aliphatic carboxylic acids is 1. The summed E-state index contributed by atoms with van der Waals surface area (Å²) in [6, 6.07) is 0. The summed E-state index contributed by atoms with van der Waals surface area (Å²) in [4.78, 5) is 20.9. The Morgan fingerprint density at radius 1 is 1.80 bits per heavy atom. The van der Waals surface area contributed by atoms with Crippen molar-refractivity contribution in [2.45, 2.75) is 10.6 Å². The van der Waals surface area contributed by atoms with E-state index in [1.165, 1.54) is 0 Å². The average molecular weight is 180 g/mol. The summed E-state index contributed by atoms with van der Waals surface area (Å²) in [5.41, 5.74) is 0. The van der Waals surface area contributed by atoms with Gasteiger partial charge in [0.2, 0.25) is 0 Å². The minimum absolute atomic E-state index is 0.374. The lowest BCUT2D eigenvalue weighted by atomic mass is 10.2. The molecule has 0 saturated carbocycles. The Bertz CT molecular complexity index is 182. The van der Waals surface area contributed by atoms with Crippen LogP contribution in [0.1, 0.15) is 0 Å². The molecular formula is C5H4ClO3S-. The molecule has 0 bridgehead atoms. The van der Waals surface area contributed by atoms with E-state index in [1.807, 2.05) is 0 Å². The fraction of sp³-hybridized carbons (Fsp3) is 0.600. The molecular weight excluding hydrogens is 176 g/mol. The molecule has 0 aliphatic carbocycles. The highest BCUT2D eigenvalue weighted by Crippen LogP contribution is 2.26. The Morgan fingerprint density at radius 3 is 2.60 bits per heavy atom. The molecule has 2 atom stereocenters. The summed E-state index contributed by atoms with van der Waals surface area (Å²) in [7, 11) is 0. The number of ketones is 1. The van der Waals surface area contributed by atoms with Crippen LogP contribution in [0.3, 0.4) is 0 Å². The van der Waals surface area contributed by atoms with E-state index >= 15 is 0 Å². The van der Waals surface area contributed by atoms with Gasteiger partial charge in [-0.1, -0.05) is 0 Å². The molecule has 1 aliphatic heterocycles. The third-order valence-electron chi connectivity index (χ3n) is 1.19. The second kappa shape index (κ2) is 2.80. The fourth-order valence-corrected chi connectivity index (χ4v) is 2.10. The van der Waals surface area contributed by atoms with Crippen LogP contribution in [-0.2, 0) is 9.59 Å². The molecule has 56 valence electrons. The van der Waals surface area contributed by atoms with Gasteiger partial charge in [-0.2, -0.15) is 0 Å². The average Bonchev–Trinajstić information content (AvgIpc) is 2.14. The maximum atomic E-state index is 10.8. The van der Waals surface area contributed by atoms with Crippen LogP contribution in [0.4, 0.5) is 0 Å². The number of rotatable bonds is 1. The van der Waals surface area contributed by atoms with Crippen molar-refractivity contribution in [3.63, 3.8) is 0 Å². The Morgan fingerprint density at radius 2 is 2.40 bits per heavy atom. The van der Waals surface area contributed by atoms with E-state index in [9.17, 15) is 14.7 Å². The Balaban J connectivity index is 2.66. The predicted molar refractivity (Wildman–Crippen MR) is 35.9 cm³/mol. The molecule has 0 N–H and O–H groups in total. The van der Waals surface area contributed by atoms with Crippen LogP contribution in [0, 0.1) is 0 Å². The number of thioether (sulfide) groups is 1. The monoisotopic (exact) mass is 179 g/mol. The number of hydrogen-bond donors (Lipinski definition) is 0. The lowest BCUT2D eigenvalue weighted by Gasteiger charge is -2.06. The minimum Gasteiger partial charge on any atom is -0.548 e. The number of carboxylic acid groups (broad SMARTS) is 1. The van der Waals surface area contributed by atoms with Gasteiger partial charge in [0.15, 0.2) is 5.78 Å². The Kier molecular flexibility index (Phi) is 2.21. The number of carboxylic acids is 1. The van der Waals surface area contributed by atoms with Crippen LogP contribution in [0.25, 0.3) is 0 Å². The van der Waals surface area contributed by atoms with Gasteiger partial charge in [-0.3, -0.25) is 4.79 Å². The number of Topliss-reactive ketones (excluding diaryl/α,β-unsaturated/α-hetero) is 1. The molecule has 0 aromatic rings. The van der Waals surface area contributed by atoms with Gasteiger partial charge in [0.1, 0.15) is 10.6 Å². The van der Waals surface area contributed by atoms with E-state index in [1.54, 1.807) is 0 Å². The molecule has 0 radical (unpaired) electrons. The van der Waals surface area contributed by atoms with Crippen molar-refractivity contribution in [1.29, 1.82) is 0 Å². The molecule has 10 heavy (non-hydrogen) atoms. The SMILES string of the molecule is O=C([O-])C1SCC(Cl)C1=O. The van der Waals surface area contributed by atoms with Gasteiger partial charge >= 0.3 is 0 Å². The van der Waals surface area contributed by atoms with E-state index < -0.39 is 22.4 Å². The van der Waals surface area contributed by atoms with Crippen LogP contribution in [0.5, 0.6) is 0 Å². The number of carbonyl (C=O) groups excluding carboxylic acids is 2. The van der Waals surface area contributed by atoms with Gasteiger partial charge in [-0.05, 0) is 0 Å². The van der Waals surface area contributed by atoms with Gasteiger partial charge < -0.3 is 9.90 Å². The highest BCUT2D eigenvalue weighted by atomic mass is 35.5. The third kappa shape index (κ3) is 1.27. The maximum Gasteiger partial charge on any atom is 0.170 e. The lowest BCUT2D eigenvalue weighted by molar-refractivity contribution is -0.303. The molecule has 1 rings (SSSR count). The van der Waals surface area contributed by atoms with Crippen molar-refractivity contribution in [2.24, 2.45) is 0 Å². The molecule has 3 nitrogen and oxygen atoms in total. The normalized spacial score (nSPS) is 32.7. The van der Waals surface area contributed by atoms with Crippen molar-refractivity contribution in [3.05, 3.63) is 0 Å². The second-order valence-electron chi connectivity index (χ2n) is 1.90. The Hall–Kier alpha value is -0.220. The molecule has 5 heteroatoms. The maximum absolute atomic E-state index is 10.8. The molecule has 1 fully saturated rings. The quantitative estimate of drug-likeness (QED) is 0.384. The van der Waals surface area contributed by atoms with Crippen LogP contribution in [-0.4, -0.2) is 28.1 Å². The van der Waals surface area contributed by atoms with Crippen molar-refractivity contribution >= 4 is 35.1 Å². The smallest absolute Gasteiger partial charge is 0.170 e. The molecule has 1 aliphatic rings. The van der Waals surface area contributed by atoms with Gasteiger partial charge in [-0.25, -0.2) is 0 Å². The molecule has 2 unspecified atom stereocenters. The summed E-state index contributed by atoms with van der Waals surface area (Å²) in [6.07, 6.45) is 0. The third-order valence-corrected chi connectivity index (χ3v) is 3.03. The molecule has 0 spiro atoms. The number of hydrogen-bond acceptors (Lipinski definition) is 4. The molecule has 0 aromatic heterocycles. The zero-order valence-electron chi connectivity index (χ0n) is 4.87. The van der Waals surface area contributed by atoms with Crippen molar-refractivity contribution < 1.29 is 14.7 Å². The highest BCUT2D eigenvalue weighted by molar-refractivity contribution is 8.02. The van der Waals surface area contributed by atoms with Gasteiger partial charge in [-0.15, -0.1) is 23.4 Å². The van der Waals surface area contributed by atoms with Crippen LogP contribution in [0.2, 0.25) is 0 Å². The van der Waals surface area contributed by atoms with E-state index in [2.05, 4.69) is 0 Å². The van der Waals surface area contributed by atoms with E-state index in [0.717, 1.165) is 11.8 Å². The lowest BCUT2D eigenvalue weighted by Crippen LogP contribution is -2.38. The Labute approximate surface area is 66.7 Å². The van der Waals surface area contributed by atoms with Crippen LogP contribution < -0.4 is 5.11 Å². The highest BCUT2D eigenvalue weighted by Gasteiger charge is 2.34. The van der Waals surface area contributed by atoms with Gasteiger partial charge in [0.25, 0.3) is 0 Å². The molecule has 0 aromatic carbocycles. The predicted octanol–water partition coefficient (Wildman–Crippen LogP) is -0.972. The summed E-state index contributed by atoms with van der Waals surface area (Å²) >= 11 is 6.46. The van der Waals surface area contributed by atoms with Crippen LogP contribution >= 0.6 is 23.4 Å². The largest absolute Gasteiger partial charge is 0.548 e. The summed E-state index contributed by atoms with van der Waals surface area (Å²) < 4.78 is 0. The first-order chi connectivity index (χ1) is 4.63. The number of alkyl halides is 1. The minimum atomic E-state index is -1.34. The van der Waals surface area contributed by atoms with Gasteiger partial charge in [0.05, 0.1) is 5.97 Å². The van der Waals surface area contributed by atoms with Crippen LogP contribution in [0.15, 0.2) is 0 Å². The van der Waals surface area contributed by atoms with Crippen molar-refractivity contribution in [3.8, 4) is 0 Å². The summed E-state index contributed by atoms with van der Waals surface area (Å²) in [5.74, 6) is -1.40. The summed E-state index contributed by atoms with van der Waals surface area (Å²) in [5, 5.41) is 8.46. The van der Waals surface area contributed by atoms with E-state index in [-0.39, 0.29) is 0 Å².